The van der Waals surface area contributed by atoms with Crippen LogP contribution in [0.4, 0.5) is 0 Å². The van der Waals surface area contributed by atoms with Gasteiger partial charge < -0.3 is 4.90 Å². The van der Waals surface area contributed by atoms with Crippen molar-refractivity contribution in [2.75, 3.05) is 7.05 Å². The number of nitrogens with one attached hydrogen (secondary N) is 1. The number of carbonyl (C=O) groups is 1. The standard InChI is InChI=1S/C21H22N2O3S2/c1-16-7-3-4-8-18(16)15-23(2)21(24)17-9-5-11-20(13-17)28(25,26)22-14-19-10-6-12-27-19/h3-13,22H,14-15H2,1-2H3. The number of thiophene rings is 1. The molecule has 1 heterocycles. The molecule has 5 nitrogen and oxygen atoms in total. The Labute approximate surface area is 169 Å². The van der Waals surface area contributed by atoms with Gasteiger partial charge in [0.2, 0.25) is 10.0 Å². The summed E-state index contributed by atoms with van der Waals surface area (Å²) in [7, 11) is -1.98. The van der Waals surface area contributed by atoms with Crippen LogP contribution in [-0.4, -0.2) is 26.3 Å². The third kappa shape index (κ3) is 4.86. The van der Waals surface area contributed by atoms with Crippen LogP contribution in [0.1, 0.15) is 26.4 Å². The van der Waals surface area contributed by atoms with E-state index in [1.807, 2.05) is 48.7 Å². The maximum atomic E-state index is 12.8. The van der Waals surface area contributed by atoms with Gasteiger partial charge in [0.05, 0.1) is 4.90 Å². The summed E-state index contributed by atoms with van der Waals surface area (Å²) in [5.74, 6) is -0.224. The largest absolute Gasteiger partial charge is 0.337 e. The molecule has 0 saturated carbocycles. The fraction of sp³-hybridized carbons (Fsp3) is 0.190. The van der Waals surface area contributed by atoms with Gasteiger partial charge in [0.25, 0.3) is 5.91 Å². The van der Waals surface area contributed by atoms with Gasteiger partial charge in [-0.25, -0.2) is 13.1 Å². The fourth-order valence-electron chi connectivity index (χ4n) is 2.79. The van der Waals surface area contributed by atoms with Crippen LogP contribution in [0, 0.1) is 6.92 Å². The molecule has 7 heteroatoms. The molecule has 0 fully saturated rings. The van der Waals surface area contributed by atoms with Crippen LogP contribution in [0.3, 0.4) is 0 Å². The van der Waals surface area contributed by atoms with Crippen molar-refractivity contribution in [2.45, 2.75) is 24.9 Å². The van der Waals surface area contributed by atoms with E-state index >= 15 is 0 Å². The topological polar surface area (TPSA) is 66.5 Å². The third-order valence-corrected chi connectivity index (χ3v) is 6.70. The van der Waals surface area contributed by atoms with E-state index in [1.165, 1.54) is 23.5 Å². The lowest BCUT2D eigenvalue weighted by Gasteiger charge is -2.19. The molecule has 3 rings (SSSR count). The van der Waals surface area contributed by atoms with Crippen molar-refractivity contribution >= 4 is 27.3 Å². The molecular weight excluding hydrogens is 392 g/mol. The summed E-state index contributed by atoms with van der Waals surface area (Å²) in [5, 5.41) is 1.90. The van der Waals surface area contributed by atoms with Crippen LogP contribution in [0.15, 0.2) is 70.9 Å². The molecule has 0 saturated heterocycles. The normalized spacial score (nSPS) is 11.4. The predicted octanol–water partition coefficient (Wildman–Crippen LogP) is 3.81. The van der Waals surface area contributed by atoms with Gasteiger partial charge >= 0.3 is 0 Å². The Kier molecular flexibility index (Phi) is 6.28. The first kappa shape index (κ1) is 20.3. The van der Waals surface area contributed by atoms with Crippen molar-refractivity contribution in [3.8, 4) is 0 Å². The lowest BCUT2D eigenvalue weighted by Crippen LogP contribution is -2.27. The first-order chi connectivity index (χ1) is 13.4. The second-order valence-corrected chi connectivity index (χ2v) is 9.32. The molecule has 0 unspecified atom stereocenters. The van der Waals surface area contributed by atoms with Gasteiger partial charge in [-0.1, -0.05) is 36.4 Å². The number of carbonyl (C=O) groups excluding carboxylic acids is 1. The molecule has 0 atom stereocenters. The van der Waals surface area contributed by atoms with Crippen molar-refractivity contribution in [3.05, 3.63) is 87.6 Å². The van der Waals surface area contributed by atoms with E-state index < -0.39 is 10.0 Å². The zero-order valence-electron chi connectivity index (χ0n) is 15.8. The monoisotopic (exact) mass is 414 g/mol. The minimum Gasteiger partial charge on any atom is -0.337 e. The molecule has 1 amide bonds. The highest BCUT2D eigenvalue weighted by atomic mass is 32.2. The Morgan fingerprint density at radius 1 is 1.07 bits per heavy atom. The van der Waals surface area contributed by atoms with Crippen LogP contribution < -0.4 is 4.72 Å². The van der Waals surface area contributed by atoms with Crippen LogP contribution in [0.5, 0.6) is 0 Å². The SMILES string of the molecule is Cc1ccccc1CN(C)C(=O)c1cccc(S(=O)(=O)NCc2cccs2)c1. The quantitative estimate of drug-likeness (QED) is 0.639. The number of hydrogen-bond donors (Lipinski definition) is 1. The summed E-state index contributed by atoms with van der Waals surface area (Å²) in [5.41, 5.74) is 2.51. The summed E-state index contributed by atoms with van der Waals surface area (Å²) in [6, 6.07) is 17.8. The van der Waals surface area contributed by atoms with Crippen LogP contribution >= 0.6 is 11.3 Å². The molecule has 0 radical (unpaired) electrons. The summed E-state index contributed by atoms with van der Waals surface area (Å²) < 4.78 is 27.7. The van der Waals surface area contributed by atoms with E-state index in [-0.39, 0.29) is 17.3 Å². The average molecular weight is 415 g/mol. The first-order valence-corrected chi connectivity index (χ1v) is 11.2. The number of nitrogens with zero attached hydrogens (tertiary/aromatic N) is 1. The van der Waals surface area contributed by atoms with E-state index in [4.69, 9.17) is 0 Å². The van der Waals surface area contributed by atoms with E-state index in [0.29, 0.717) is 12.1 Å². The van der Waals surface area contributed by atoms with E-state index in [2.05, 4.69) is 4.72 Å². The number of hydrogen-bond acceptors (Lipinski definition) is 4. The Balaban J connectivity index is 1.74. The highest BCUT2D eigenvalue weighted by Crippen LogP contribution is 2.16. The maximum absolute atomic E-state index is 12.8. The second-order valence-electron chi connectivity index (χ2n) is 6.52. The van der Waals surface area contributed by atoms with E-state index in [9.17, 15) is 13.2 Å². The van der Waals surface area contributed by atoms with Gasteiger partial charge in [0.15, 0.2) is 0 Å². The average Bonchev–Trinajstić information content (AvgIpc) is 3.21. The van der Waals surface area contributed by atoms with Crippen molar-refractivity contribution < 1.29 is 13.2 Å². The van der Waals surface area contributed by atoms with Crippen LogP contribution in [-0.2, 0) is 23.1 Å². The predicted molar refractivity (Wildman–Crippen MR) is 112 cm³/mol. The van der Waals surface area contributed by atoms with Gasteiger partial charge in [-0.2, -0.15) is 0 Å². The smallest absolute Gasteiger partial charge is 0.253 e. The summed E-state index contributed by atoms with van der Waals surface area (Å²) in [4.78, 5) is 15.4. The van der Waals surface area contributed by atoms with Gasteiger partial charge in [0, 0.05) is 30.6 Å². The van der Waals surface area contributed by atoms with Crippen molar-refractivity contribution in [1.29, 1.82) is 0 Å². The van der Waals surface area contributed by atoms with Gasteiger partial charge in [-0.3, -0.25) is 4.79 Å². The zero-order chi connectivity index (χ0) is 20.1. The van der Waals surface area contributed by atoms with Crippen molar-refractivity contribution in [2.24, 2.45) is 0 Å². The summed E-state index contributed by atoms with van der Waals surface area (Å²) in [6.07, 6.45) is 0. The number of benzene rings is 2. The number of amides is 1. The minimum atomic E-state index is -3.70. The molecule has 2 aromatic carbocycles. The highest BCUT2D eigenvalue weighted by molar-refractivity contribution is 7.89. The third-order valence-electron chi connectivity index (χ3n) is 4.42. The number of aryl methyl sites for hydroxylation is 1. The molecular formula is C21H22N2O3S2. The molecule has 0 aliphatic heterocycles. The molecule has 0 aliphatic rings. The van der Waals surface area contributed by atoms with E-state index in [1.54, 1.807) is 24.1 Å². The Morgan fingerprint density at radius 2 is 1.86 bits per heavy atom. The second kappa shape index (κ2) is 8.68. The maximum Gasteiger partial charge on any atom is 0.253 e. The Morgan fingerprint density at radius 3 is 2.57 bits per heavy atom. The van der Waals surface area contributed by atoms with Crippen LogP contribution in [0.25, 0.3) is 0 Å². The fourth-order valence-corrected chi connectivity index (χ4v) is 4.58. The Hall–Kier alpha value is -2.48. The molecule has 0 spiro atoms. The number of rotatable bonds is 7. The lowest BCUT2D eigenvalue weighted by molar-refractivity contribution is 0.0784. The number of sulfonamides is 1. The first-order valence-electron chi connectivity index (χ1n) is 8.79. The Bertz CT molecular complexity index is 1060. The molecule has 1 aromatic heterocycles. The van der Waals surface area contributed by atoms with Crippen LogP contribution in [0.2, 0.25) is 0 Å². The molecule has 28 heavy (non-hydrogen) atoms. The van der Waals surface area contributed by atoms with Gasteiger partial charge in [0.1, 0.15) is 0 Å². The van der Waals surface area contributed by atoms with E-state index in [0.717, 1.165) is 16.0 Å². The molecule has 0 aliphatic carbocycles. The molecule has 3 aromatic rings. The van der Waals surface area contributed by atoms with Gasteiger partial charge in [-0.15, -0.1) is 11.3 Å². The molecule has 1 N–H and O–H groups in total. The van der Waals surface area contributed by atoms with Gasteiger partial charge in [-0.05, 0) is 47.7 Å². The molecule has 146 valence electrons. The zero-order valence-corrected chi connectivity index (χ0v) is 17.4. The van der Waals surface area contributed by atoms with Crippen molar-refractivity contribution in [1.82, 2.24) is 9.62 Å². The summed E-state index contributed by atoms with van der Waals surface area (Å²) in [6.45, 7) is 2.69. The minimum absolute atomic E-state index is 0.0826. The highest BCUT2D eigenvalue weighted by Gasteiger charge is 2.18. The lowest BCUT2D eigenvalue weighted by atomic mass is 10.1. The molecule has 0 bridgehead atoms. The summed E-state index contributed by atoms with van der Waals surface area (Å²) >= 11 is 1.49. The van der Waals surface area contributed by atoms with Crippen molar-refractivity contribution in [3.63, 3.8) is 0 Å².